The number of rotatable bonds is 3. The van der Waals surface area contributed by atoms with Crippen molar-refractivity contribution >= 4 is 17.7 Å². The van der Waals surface area contributed by atoms with Gasteiger partial charge in [-0.3, -0.25) is 4.79 Å². The second-order valence-electron chi connectivity index (χ2n) is 6.05. The zero-order valence-corrected chi connectivity index (χ0v) is 12.4. The Morgan fingerprint density at radius 1 is 1.37 bits per heavy atom. The van der Waals surface area contributed by atoms with E-state index in [0.717, 1.165) is 24.8 Å². The molecular formula is C14H25N3OS. The van der Waals surface area contributed by atoms with Crippen LogP contribution in [-0.2, 0) is 4.79 Å². The van der Waals surface area contributed by atoms with Gasteiger partial charge >= 0.3 is 0 Å². The fraction of sp³-hybridized carbons (Fsp3) is 0.929. The van der Waals surface area contributed by atoms with Crippen LogP contribution in [0.4, 0.5) is 0 Å². The molecule has 2 N–H and O–H groups in total. The molecule has 5 heteroatoms. The topological polar surface area (TPSA) is 44.4 Å². The van der Waals surface area contributed by atoms with E-state index in [1.807, 2.05) is 11.8 Å². The van der Waals surface area contributed by atoms with Crippen LogP contribution in [0.1, 0.15) is 32.1 Å². The third kappa shape index (κ3) is 3.64. The molecule has 108 valence electrons. The highest BCUT2D eigenvalue weighted by Crippen LogP contribution is 2.26. The van der Waals surface area contributed by atoms with E-state index in [0.29, 0.717) is 18.5 Å². The van der Waals surface area contributed by atoms with Crippen molar-refractivity contribution in [3.63, 3.8) is 0 Å². The lowest BCUT2D eigenvalue weighted by molar-refractivity contribution is -0.122. The molecule has 0 bridgehead atoms. The Labute approximate surface area is 120 Å². The first-order valence-corrected chi connectivity index (χ1v) is 8.81. The van der Waals surface area contributed by atoms with Crippen LogP contribution in [-0.4, -0.2) is 60.1 Å². The number of fused-ring (bicyclic) bond motifs is 1. The average Bonchev–Trinajstić information content (AvgIpc) is 2.87. The minimum atomic E-state index is 0.247. The molecule has 0 aromatic carbocycles. The van der Waals surface area contributed by atoms with Crippen LogP contribution >= 0.6 is 11.8 Å². The fourth-order valence-electron chi connectivity index (χ4n) is 3.62. The molecule has 3 atom stereocenters. The van der Waals surface area contributed by atoms with Crippen LogP contribution in [0.3, 0.4) is 0 Å². The third-order valence-electron chi connectivity index (χ3n) is 4.62. The van der Waals surface area contributed by atoms with Crippen molar-refractivity contribution < 1.29 is 4.79 Å². The number of carbonyl (C=O) groups is 1. The van der Waals surface area contributed by atoms with Crippen molar-refractivity contribution in [3.8, 4) is 0 Å². The van der Waals surface area contributed by atoms with E-state index < -0.39 is 0 Å². The summed E-state index contributed by atoms with van der Waals surface area (Å²) in [5.41, 5.74) is 0. The number of nitrogens with one attached hydrogen (secondary N) is 2. The summed E-state index contributed by atoms with van der Waals surface area (Å²) in [6.07, 6.45) is 5.62. The van der Waals surface area contributed by atoms with Gasteiger partial charge in [-0.25, -0.2) is 0 Å². The molecule has 19 heavy (non-hydrogen) atoms. The smallest absolute Gasteiger partial charge is 0.221 e. The number of carbonyl (C=O) groups excluding carboxylic acids is 1. The quantitative estimate of drug-likeness (QED) is 0.805. The predicted molar refractivity (Wildman–Crippen MR) is 79.5 cm³/mol. The molecule has 3 aliphatic heterocycles. The minimum absolute atomic E-state index is 0.247. The van der Waals surface area contributed by atoms with Crippen LogP contribution < -0.4 is 10.6 Å². The molecule has 4 nitrogen and oxygen atoms in total. The number of hydrogen-bond donors (Lipinski definition) is 2. The van der Waals surface area contributed by atoms with E-state index in [4.69, 9.17) is 0 Å². The molecule has 0 spiro atoms. The van der Waals surface area contributed by atoms with E-state index in [9.17, 15) is 4.79 Å². The van der Waals surface area contributed by atoms with Gasteiger partial charge in [0.15, 0.2) is 0 Å². The first-order chi connectivity index (χ1) is 9.31. The maximum Gasteiger partial charge on any atom is 0.221 e. The van der Waals surface area contributed by atoms with Gasteiger partial charge in [-0.05, 0) is 32.2 Å². The number of thioether (sulfide) groups is 1. The predicted octanol–water partition coefficient (Wildman–Crippen LogP) is 0.825. The second-order valence-corrected chi connectivity index (χ2v) is 7.20. The maximum atomic E-state index is 12.1. The van der Waals surface area contributed by atoms with E-state index in [1.165, 1.54) is 38.1 Å². The summed E-state index contributed by atoms with van der Waals surface area (Å²) in [7, 11) is 0. The lowest BCUT2D eigenvalue weighted by Crippen LogP contribution is -2.49. The first-order valence-electron chi connectivity index (χ1n) is 7.66. The van der Waals surface area contributed by atoms with E-state index >= 15 is 0 Å². The number of amides is 1. The molecule has 0 saturated carbocycles. The first kappa shape index (κ1) is 13.7. The lowest BCUT2D eigenvalue weighted by atomic mass is 9.97. The number of piperidine rings is 1. The molecule has 0 aromatic rings. The van der Waals surface area contributed by atoms with Crippen LogP contribution in [0.25, 0.3) is 0 Å². The minimum Gasteiger partial charge on any atom is -0.353 e. The van der Waals surface area contributed by atoms with Gasteiger partial charge in [0.25, 0.3) is 0 Å². The Morgan fingerprint density at radius 2 is 2.32 bits per heavy atom. The van der Waals surface area contributed by atoms with Crippen molar-refractivity contribution in [1.29, 1.82) is 0 Å². The molecule has 3 aliphatic rings. The van der Waals surface area contributed by atoms with Gasteiger partial charge in [0.2, 0.25) is 5.91 Å². The molecule has 1 amide bonds. The average molecular weight is 283 g/mol. The largest absolute Gasteiger partial charge is 0.353 e. The highest BCUT2D eigenvalue weighted by atomic mass is 32.2. The molecule has 3 unspecified atom stereocenters. The Balaban J connectivity index is 1.41. The SMILES string of the molecule is O=C(CC1CSCCN1)NC1CCN2CCCC2C1. The highest BCUT2D eigenvalue weighted by molar-refractivity contribution is 7.99. The zero-order chi connectivity index (χ0) is 13.1. The second kappa shape index (κ2) is 6.46. The Kier molecular flexibility index (Phi) is 4.66. The molecule has 0 aromatic heterocycles. The molecule has 0 radical (unpaired) electrons. The van der Waals surface area contributed by atoms with Gasteiger partial charge in [0, 0.05) is 49.1 Å². The van der Waals surface area contributed by atoms with Gasteiger partial charge in [-0.1, -0.05) is 0 Å². The standard InChI is InChI=1S/C14H25N3OS/c18-14(9-12-10-19-7-4-15-12)16-11-3-6-17-5-1-2-13(17)8-11/h11-13,15H,1-10H2,(H,16,18). The van der Waals surface area contributed by atoms with E-state index in [1.54, 1.807) is 0 Å². The summed E-state index contributed by atoms with van der Waals surface area (Å²) in [6, 6.07) is 1.54. The normalized spacial score (nSPS) is 35.9. The summed E-state index contributed by atoms with van der Waals surface area (Å²) in [5, 5.41) is 6.70. The lowest BCUT2D eigenvalue weighted by Gasteiger charge is -2.35. The summed E-state index contributed by atoms with van der Waals surface area (Å²) in [6.45, 7) is 3.49. The van der Waals surface area contributed by atoms with Gasteiger partial charge in [-0.15, -0.1) is 0 Å². The molecule has 3 rings (SSSR count). The van der Waals surface area contributed by atoms with Crippen LogP contribution in [0.15, 0.2) is 0 Å². The van der Waals surface area contributed by atoms with Gasteiger partial charge < -0.3 is 15.5 Å². The monoisotopic (exact) mass is 283 g/mol. The van der Waals surface area contributed by atoms with Crippen molar-refractivity contribution in [2.24, 2.45) is 0 Å². The summed E-state index contributed by atoms with van der Waals surface area (Å²) in [5.74, 6) is 2.50. The fourth-order valence-corrected chi connectivity index (χ4v) is 4.57. The van der Waals surface area contributed by atoms with E-state index in [-0.39, 0.29) is 5.91 Å². The van der Waals surface area contributed by atoms with Crippen molar-refractivity contribution in [1.82, 2.24) is 15.5 Å². The van der Waals surface area contributed by atoms with Gasteiger partial charge in [0.05, 0.1) is 0 Å². The molecule has 3 saturated heterocycles. The summed E-state index contributed by atoms with van der Waals surface area (Å²) >= 11 is 1.95. The molecule has 3 heterocycles. The number of nitrogens with zero attached hydrogens (tertiary/aromatic N) is 1. The molecular weight excluding hydrogens is 258 g/mol. The van der Waals surface area contributed by atoms with Crippen molar-refractivity contribution in [3.05, 3.63) is 0 Å². The zero-order valence-electron chi connectivity index (χ0n) is 11.6. The summed E-state index contributed by atoms with van der Waals surface area (Å²) in [4.78, 5) is 14.7. The van der Waals surface area contributed by atoms with Gasteiger partial charge in [0.1, 0.15) is 0 Å². The van der Waals surface area contributed by atoms with Crippen LogP contribution in [0, 0.1) is 0 Å². The molecule has 0 aliphatic carbocycles. The van der Waals surface area contributed by atoms with Gasteiger partial charge in [-0.2, -0.15) is 11.8 Å². The number of hydrogen-bond acceptors (Lipinski definition) is 4. The van der Waals surface area contributed by atoms with E-state index in [2.05, 4.69) is 15.5 Å². The Hall–Kier alpha value is -0.260. The van der Waals surface area contributed by atoms with Crippen LogP contribution in [0.2, 0.25) is 0 Å². The summed E-state index contributed by atoms with van der Waals surface area (Å²) < 4.78 is 0. The third-order valence-corrected chi connectivity index (χ3v) is 5.75. The van der Waals surface area contributed by atoms with Crippen molar-refractivity contribution in [2.45, 2.75) is 50.2 Å². The highest BCUT2D eigenvalue weighted by Gasteiger charge is 2.32. The Bertz CT molecular complexity index is 320. The Morgan fingerprint density at radius 3 is 3.16 bits per heavy atom. The van der Waals surface area contributed by atoms with Crippen molar-refractivity contribution in [2.75, 3.05) is 31.1 Å². The van der Waals surface area contributed by atoms with Crippen LogP contribution in [0.5, 0.6) is 0 Å². The molecule has 3 fully saturated rings. The maximum absolute atomic E-state index is 12.1.